The summed E-state index contributed by atoms with van der Waals surface area (Å²) in [5.74, 6) is 5.10. The van der Waals surface area contributed by atoms with Gasteiger partial charge in [-0.05, 0) is 12.2 Å². The zero-order valence-electron chi connectivity index (χ0n) is 4.29. The van der Waals surface area contributed by atoms with Gasteiger partial charge < -0.3 is 0 Å². The zero-order chi connectivity index (χ0) is 5.98. The maximum atomic E-state index is 12.2. The molecule has 1 rings (SSSR count). The Kier molecular flexibility index (Phi) is 1.30. The van der Waals surface area contributed by atoms with Gasteiger partial charge in [-0.3, -0.25) is 5.01 Å². The molecule has 1 unspecified atom stereocenters. The molecule has 0 aromatic rings. The van der Waals surface area contributed by atoms with Crippen molar-refractivity contribution in [2.45, 2.75) is 6.30 Å². The number of alkyl halides is 1. The fourth-order valence-electron chi connectivity index (χ4n) is 0.487. The Morgan fingerprint density at radius 1 is 1.50 bits per heavy atom. The van der Waals surface area contributed by atoms with E-state index >= 15 is 0 Å². The highest BCUT2D eigenvalue weighted by molar-refractivity contribution is 5.09. The van der Waals surface area contributed by atoms with Gasteiger partial charge >= 0.3 is 0 Å². The van der Waals surface area contributed by atoms with Crippen molar-refractivity contribution in [2.24, 2.45) is 5.84 Å². The summed E-state index contributed by atoms with van der Waals surface area (Å²) in [5.41, 5.74) is 0. The Balaban J connectivity index is 2.59. The Morgan fingerprint density at radius 2 is 2.25 bits per heavy atom. The van der Waals surface area contributed by atoms with Crippen LogP contribution in [0.5, 0.6) is 0 Å². The van der Waals surface area contributed by atoms with Crippen LogP contribution in [0, 0.1) is 0 Å². The van der Waals surface area contributed by atoms with Crippen molar-refractivity contribution in [1.82, 2.24) is 5.01 Å². The molecule has 0 spiro atoms. The van der Waals surface area contributed by atoms with Crippen molar-refractivity contribution in [3.05, 3.63) is 24.4 Å². The van der Waals surface area contributed by atoms with Gasteiger partial charge in [0.15, 0.2) is 0 Å². The van der Waals surface area contributed by atoms with Crippen LogP contribution >= 0.6 is 0 Å². The smallest absolute Gasteiger partial charge is 0.204 e. The number of allylic oxidation sites excluding steroid dienone is 2. The Hall–Kier alpha value is -0.830. The molecule has 0 aromatic carbocycles. The second-order valence-electron chi connectivity index (χ2n) is 1.55. The molecule has 0 radical (unpaired) electrons. The van der Waals surface area contributed by atoms with Gasteiger partial charge in [-0.25, -0.2) is 10.2 Å². The van der Waals surface area contributed by atoms with Crippen molar-refractivity contribution in [1.29, 1.82) is 0 Å². The third-order valence-corrected chi connectivity index (χ3v) is 0.924. The number of rotatable bonds is 0. The SMILES string of the molecule is NN1C=CC=CC1F. The average molecular weight is 114 g/mol. The molecule has 0 aliphatic carbocycles. The second-order valence-corrected chi connectivity index (χ2v) is 1.55. The van der Waals surface area contributed by atoms with Gasteiger partial charge in [-0.1, -0.05) is 6.08 Å². The molecule has 1 atom stereocenters. The van der Waals surface area contributed by atoms with E-state index in [1.165, 1.54) is 12.3 Å². The fraction of sp³-hybridized carbons (Fsp3) is 0.200. The van der Waals surface area contributed by atoms with Crippen LogP contribution in [0.1, 0.15) is 0 Å². The van der Waals surface area contributed by atoms with Crippen LogP contribution in [-0.4, -0.2) is 11.3 Å². The normalized spacial score (nSPS) is 26.8. The lowest BCUT2D eigenvalue weighted by molar-refractivity contribution is 0.178. The van der Waals surface area contributed by atoms with E-state index in [1.54, 1.807) is 12.2 Å². The van der Waals surface area contributed by atoms with E-state index in [9.17, 15) is 4.39 Å². The predicted octanol–water partition coefficient (Wildman–Crippen LogP) is 0.541. The molecule has 2 N–H and O–H groups in total. The molecular formula is C5H7FN2. The zero-order valence-corrected chi connectivity index (χ0v) is 4.29. The first-order chi connectivity index (χ1) is 3.80. The number of nitrogens with two attached hydrogens (primary N) is 1. The lowest BCUT2D eigenvalue weighted by Crippen LogP contribution is -2.32. The number of halogens is 1. The van der Waals surface area contributed by atoms with E-state index in [1.807, 2.05) is 0 Å². The predicted molar refractivity (Wildman–Crippen MR) is 29.2 cm³/mol. The Morgan fingerprint density at radius 3 is 2.62 bits per heavy atom. The summed E-state index contributed by atoms with van der Waals surface area (Å²) in [5, 5.41) is 1.00. The van der Waals surface area contributed by atoms with Gasteiger partial charge in [0.05, 0.1) is 0 Å². The minimum absolute atomic E-state index is 1.00. The van der Waals surface area contributed by atoms with E-state index in [-0.39, 0.29) is 0 Å². The monoisotopic (exact) mass is 114 g/mol. The van der Waals surface area contributed by atoms with Crippen molar-refractivity contribution in [3.8, 4) is 0 Å². The number of hydrogen-bond acceptors (Lipinski definition) is 2. The number of nitrogens with zero attached hydrogens (tertiary/aromatic N) is 1. The molecule has 0 amide bonds. The number of hydrazine groups is 1. The molecule has 1 aliphatic heterocycles. The van der Waals surface area contributed by atoms with Gasteiger partial charge in [-0.2, -0.15) is 0 Å². The second kappa shape index (κ2) is 1.96. The largest absolute Gasteiger partial charge is 0.282 e. The summed E-state index contributed by atoms with van der Waals surface area (Å²) in [6, 6.07) is 0. The van der Waals surface area contributed by atoms with Crippen LogP contribution < -0.4 is 5.84 Å². The first-order valence-corrected chi connectivity index (χ1v) is 2.33. The highest BCUT2D eigenvalue weighted by atomic mass is 19.1. The maximum absolute atomic E-state index is 12.2. The van der Waals surface area contributed by atoms with Crippen molar-refractivity contribution < 1.29 is 4.39 Å². The fourth-order valence-corrected chi connectivity index (χ4v) is 0.487. The molecule has 0 saturated heterocycles. The Labute approximate surface area is 47.0 Å². The minimum atomic E-state index is -1.15. The standard InChI is InChI=1S/C5H7FN2/c6-5-3-1-2-4-8(5)7/h1-5H,7H2. The van der Waals surface area contributed by atoms with Gasteiger partial charge in [0, 0.05) is 6.20 Å². The molecule has 0 bridgehead atoms. The summed E-state index contributed by atoms with van der Waals surface area (Å²) in [6.45, 7) is 0. The van der Waals surface area contributed by atoms with Crippen LogP contribution in [0.2, 0.25) is 0 Å². The Bertz CT molecular complexity index is 114. The molecular weight excluding hydrogens is 107 g/mol. The minimum Gasteiger partial charge on any atom is -0.282 e. The van der Waals surface area contributed by atoms with Gasteiger partial charge in [0.2, 0.25) is 6.30 Å². The molecule has 0 fully saturated rings. The molecule has 44 valence electrons. The quantitative estimate of drug-likeness (QED) is 0.368. The van der Waals surface area contributed by atoms with Gasteiger partial charge in [0.25, 0.3) is 0 Å². The molecule has 0 saturated carbocycles. The summed E-state index contributed by atoms with van der Waals surface area (Å²) >= 11 is 0. The lowest BCUT2D eigenvalue weighted by Gasteiger charge is -2.17. The van der Waals surface area contributed by atoms with E-state index in [0.717, 1.165) is 5.01 Å². The highest BCUT2D eigenvalue weighted by Crippen LogP contribution is 2.02. The summed E-state index contributed by atoms with van der Waals surface area (Å²) in [4.78, 5) is 0. The van der Waals surface area contributed by atoms with E-state index in [2.05, 4.69) is 0 Å². The van der Waals surface area contributed by atoms with E-state index < -0.39 is 6.30 Å². The van der Waals surface area contributed by atoms with Crippen LogP contribution in [0.3, 0.4) is 0 Å². The van der Waals surface area contributed by atoms with Crippen LogP contribution in [0.15, 0.2) is 24.4 Å². The van der Waals surface area contributed by atoms with E-state index in [4.69, 9.17) is 5.84 Å². The highest BCUT2D eigenvalue weighted by Gasteiger charge is 2.05. The lowest BCUT2D eigenvalue weighted by atomic mass is 10.4. The topological polar surface area (TPSA) is 29.3 Å². The molecule has 8 heavy (non-hydrogen) atoms. The van der Waals surface area contributed by atoms with Crippen molar-refractivity contribution >= 4 is 0 Å². The summed E-state index contributed by atoms with van der Waals surface area (Å²) in [6.07, 6.45) is 4.99. The maximum Gasteiger partial charge on any atom is 0.204 e. The van der Waals surface area contributed by atoms with Crippen LogP contribution in [0.4, 0.5) is 4.39 Å². The average Bonchev–Trinajstić information content (AvgIpc) is 1.77. The van der Waals surface area contributed by atoms with Crippen LogP contribution in [-0.2, 0) is 0 Å². The molecule has 0 aromatic heterocycles. The first kappa shape index (κ1) is 5.31. The van der Waals surface area contributed by atoms with Gasteiger partial charge in [0.1, 0.15) is 0 Å². The third-order valence-electron chi connectivity index (χ3n) is 0.924. The van der Waals surface area contributed by atoms with Crippen molar-refractivity contribution in [2.75, 3.05) is 0 Å². The van der Waals surface area contributed by atoms with E-state index in [0.29, 0.717) is 0 Å². The number of hydrogen-bond donors (Lipinski definition) is 1. The summed E-state index contributed by atoms with van der Waals surface area (Å²) < 4.78 is 12.2. The first-order valence-electron chi connectivity index (χ1n) is 2.33. The van der Waals surface area contributed by atoms with Crippen molar-refractivity contribution in [3.63, 3.8) is 0 Å². The third kappa shape index (κ3) is 0.869. The molecule has 1 heterocycles. The van der Waals surface area contributed by atoms with Crippen LogP contribution in [0.25, 0.3) is 0 Å². The molecule has 3 heteroatoms. The summed E-state index contributed by atoms with van der Waals surface area (Å²) in [7, 11) is 0. The molecule has 2 nitrogen and oxygen atoms in total. The molecule has 1 aliphatic rings. The van der Waals surface area contributed by atoms with Gasteiger partial charge in [-0.15, -0.1) is 0 Å².